The van der Waals surface area contributed by atoms with Gasteiger partial charge in [-0.15, -0.1) is 0 Å². The van der Waals surface area contributed by atoms with E-state index in [1.54, 1.807) is 6.07 Å². The molecule has 3 aromatic rings. The molecule has 0 unspecified atom stereocenters. The Morgan fingerprint density at radius 2 is 1.81 bits per heavy atom. The quantitative estimate of drug-likeness (QED) is 0.659. The van der Waals surface area contributed by atoms with Crippen molar-refractivity contribution in [3.63, 3.8) is 0 Å². The standard InChI is InChI=1S/C19H15FN2O4/c1-25-19(24)18-16(26-12-13-7-3-2-4-8-13)11-17(23)22(21-18)15-10-6-5-9-14(15)20/h2-11H,12H2,1H3. The minimum absolute atomic E-state index is 0.0294. The largest absolute Gasteiger partial charge is 0.486 e. The van der Waals surface area contributed by atoms with Crippen LogP contribution in [0.5, 0.6) is 5.75 Å². The van der Waals surface area contributed by atoms with Crippen LogP contribution in [-0.2, 0) is 11.3 Å². The van der Waals surface area contributed by atoms with Gasteiger partial charge in [-0.05, 0) is 17.7 Å². The number of hydrogen-bond acceptors (Lipinski definition) is 5. The third-order valence-electron chi connectivity index (χ3n) is 3.59. The molecule has 132 valence electrons. The molecule has 1 heterocycles. The number of esters is 1. The van der Waals surface area contributed by atoms with Gasteiger partial charge in [0.15, 0.2) is 5.75 Å². The van der Waals surface area contributed by atoms with Crippen molar-refractivity contribution in [1.82, 2.24) is 9.78 Å². The first-order chi connectivity index (χ1) is 12.6. The van der Waals surface area contributed by atoms with Crippen LogP contribution in [0.1, 0.15) is 16.1 Å². The lowest BCUT2D eigenvalue weighted by Gasteiger charge is -2.12. The fraction of sp³-hybridized carbons (Fsp3) is 0.105. The summed E-state index contributed by atoms with van der Waals surface area (Å²) in [6.45, 7) is 0.135. The van der Waals surface area contributed by atoms with Gasteiger partial charge in [-0.2, -0.15) is 9.78 Å². The highest BCUT2D eigenvalue weighted by atomic mass is 19.1. The fourth-order valence-corrected chi connectivity index (χ4v) is 2.32. The summed E-state index contributed by atoms with van der Waals surface area (Å²) in [4.78, 5) is 24.4. The summed E-state index contributed by atoms with van der Waals surface area (Å²) in [5.74, 6) is -1.47. The van der Waals surface area contributed by atoms with Crippen LogP contribution in [0.2, 0.25) is 0 Å². The average molecular weight is 354 g/mol. The van der Waals surface area contributed by atoms with Crippen molar-refractivity contribution >= 4 is 5.97 Å². The first-order valence-corrected chi connectivity index (χ1v) is 7.74. The molecule has 0 aliphatic rings. The summed E-state index contributed by atoms with van der Waals surface area (Å²) < 4.78 is 25.1. The number of aromatic nitrogens is 2. The minimum atomic E-state index is -0.793. The number of hydrogen-bond donors (Lipinski definition) is 0. The van der Waals surface area contributed by atoms with Gasteiger partial charge in [0.05, 0.1) is 13.2 Å². The van der Waals surface area contributed by atoms with E-state index in [0.717, 1.165) is 16.3 Å². The molecule has 3 rings (SSSR count). The van der Waals surface area contributed by atoms with Gasteiger partial charge >= 0.3 is 5.97 Å². The van der Waals surface area contributed by atoms with Crippen LogP contribution in [0.25, 0.3) is 5.69 Å². The van der Waals surface area contributed by atoms with Crippen molar-refractivity contribution in [2.24, 2.45) is 0 Å². The number of rotatable bonds is 5. The number of nitrogens with zero attached hydrogens (tertiary/aromatic N) is 2. The Bertz CT molecular complexity index is 986. The molecule has 0 atom stereocenters. The number of benzene rings is 2. The molecule has 0 spiro atoms. The highest BCUT2D eigenvalue weighted by molar-refractivity contribution is 5.89. The number of para-hydroxylation sites is 1. The molecule has 0 bridgehead atoms. The first kappa shape index (κ1) is 17.3. The van der Waals surface area contributed by atoms with Gasteiger partial charge in [0.25, 0.3) is 5.56 Å². The summed E-state index contributed by atoms with van der Waals surface area (Å²) >= 11 is 0. The molecule has 0 saturated heterocycles. The third kappa shape index (κ3) is 3.61. The van der Waals surface area contributed by atoms with E-state index in [0.29, 0.717) is 0 Å². The predicted octanol–water partition coefficient (Wildman–Crippen LogP) is 2.74. The maximum atomic E-state index is 14.0. The van der Waals surface area contributed by atoms with E-state index in [-0.39, 0.29) is 23.7 Å². The second kappa shape index (κ2) is 7.60. The number of carbonyl (C=O) groups excluding carboxylic acids is 1. The summed E-state index contributed by atoms with van der Waals surface area (Å²) in [5.41, 5.74) is -0.0732. The number of carbonyl (C=O) groups is 1. The lowest BCUT2D eigenvalue weighted by Crippen LogP contribution is -2.25. The van der Waals surface area contributed by atoms with Gasteiger partial charge < -0.3 is 9.47 Å². The van der Waals surface area contributed by atoms with Crippen LogP contribution in [0.4, 0.5) is 4.39 Å². The second-order valence-corrected chi connectivity index (χ2v) is 5.32. The van der Waals surface area contributed by atoms with E-state index in [1.165, 1.54) is 25.3 Å². The van der Waals surface area contributed by atoms with Gasteiger partial charge in [0.1, 0.15) is 18.1 Å². The smallest absolute Gasteiger partial charge is 0.362 e. The summed E-state index contributed by atoms with van der Waals surface area (Å²) in [6, 6.07) is 15.9. The van der Waals surface area contributed by atoms with Gasteiger partial charge in [-0.25, -0.2) is 9.18 Å². The Morgan fingerprint density at radius 3 is 2.50 bits per heavy atom. The van der Waals surface area contributed by atoms with E-state index >= 15 is 0 Å². The zero-order chi connectivity index (χ0) is 18.5. The molecule has 0 aliphatic carbocycles. The van der Waals surface area contributed by atoms with E-state index in [4.69, 9.17) is 9.47 Å². The van der Waals surface area contributed by atoms with E-state index < -0.39 is 17.3 Å². The SMILES string of the molecule is COC(=O)c1nn(-c2ccccc2F)c(=O)cc1OCc1ccccc1. The van der Waals surface area contributed by atoms with Crippen LogP contribution in [0.3, 0.4) is 0 Å². The third-order valence-corrected chi connectivity index (χ3v) is 3.59. The van der Waals surface area contributed by atoms with Crippen molar-refractivity contribution in [1.29, 1.82) is 0 Å². The van der Waals surface area contributed by atoms with Gasteiger partial charge in [-0.1, -0.05) is 42.5 Å². The maximum Gasteiger partial charge on any atom is 0.362 e. The van der Waals surface area contributed by atoms with Crippen LogP contribution < -0.4 is 10.3 Å². The molecule has 2 aromatic carbocycles. The number of methoxy groups -OCH3 is 1. The predicted molar refractivity (Wildman–Crippen MR) is 91.9 cm³/mol. The first-order valence-electron chi connectivity index (χ1n) is 7.74. The van der Waals surface area contributed by atoms with Crippen molar-refractivity contribution in [2.45, 2.75) is 6.61 Å². The Hall–Kier alpha value is -3.48. The van der Waals surface area contributed by atoms with Crippen molar-refractivity contribution in [2.75, 3.05) is 7.11 Å². The van der Waals surface area contributed by atoms with Crippen LogP contribution in [0, 0.1) is 5.82 Å². The zero-order valence-corrected chi connectivity index (χ0v) is 13.9. The zero-order valence-electron chi connectivity index (χ0n) is 13.9. The Morgan fingerprint density at radius 1 is 1.12 bits per heavy atom. The highest BCUT2D eigenvalue weighted by Crippen LogP contribution is 2.18. The molecule has 0 amide bonds. The van der Waals surface area contributed by atoms with Gasteiger partial charge in [0, 0.05) is 0 Å². The molecule has 6 nitrogen and oxygen atoms in total. The Kier molecular flexibility index (Phi) is 5.07. The molecule has 26 heavy (non-hydrogen) atoms. The van der Waals surface area contributed by atoms with Crippen molar-refractivity contribution < 1.29 is 18.7 Å². The van der Waals surface area contributed by atoms with Crippen molar-refractivity contribution in [3.8, 4) is 11.4 Å². The Labute approximate surface area is 148 Å². The molecule has 1 aromatic heterocycles. The van der Waals surface area contributed by atoms with Crippen LogP contribution in [0.15, 0.2) is 65.5 Å². The van der Waals surface area contributed by atoms with E-state index in [9.17, 15) is 14.0 Å². The average Bonchev–Trinajstić information content (AvgIpc) is 2.67. The molecular formula is C19H15FN2O4. The van der Waals surface area contributed by atoms with E-state index in [1.807, 2.05) is 30.3 Å². The lowest BCUT2D eigenvalue weighted by molar-refractivity contribution is 0.0585. The lowest BCUT2D eigenvalue weighted by atomic mass is 10.2. The molecular weight excluding hydrogens is 339 g/mol. The Balaban J connectivity index is 2.02. The molecule has 0 saturated carbocycles. The van der Waals surface area contributed by atoms with Gasteiger partial charge in [-0.3, -0.25) is 4.79 Å². The second-order valence-electron chi connectivity index (χ2n) is 5.32. The highest BCUT2D eigenvalue weighted by Gasteiger charge is 2.20. The summed E-state index contributed by atoms with van der Waals surface area (Å²) in [7, 11) is 1.18. The van der Waals surface area contributed by atoms with E-state index in [2.05, 4.69) is 5.10 Å². The van der Waals surface area contributed by atoms with Crippen LogP contribution in [-0.4, -0.2) is 22.9 Å². The molecule has 0 radical (unpaired) electrons. The van der Waals surface area contributed by atoms with Crippen LogP contribution >= 0.6 is 0 Å². The number of ether oxygens (including phenoxy) is 2. The summed E-state index contributed by atoms with van der Waals surface area (Å²) in [6.07, 6.45) is 0. The van der Waals surface area contributed by atoms with Gasteiger partial charge in [0.2, 0.25) is 5.69 Å². The fourth-order valence-electron chi connectivity index (χ4n) is 2.32. The van der Waals surface area contributed by atoms with Crippen molar-refractivity contribution in [3.05, 3.63) is 88.1 Å². The molecule has 0 aliphatic heterocycles. The minimum Gasteiger partial charge on any atom is -0.486 e. The normalized spacial score (nSPS) is 10.4. The maximum absolute atomic E-state index is 14.0. The number of halogens is 1. The monoisotopic (exact) mass is 354 g/mol. The topological polar surface area (TPSA) is 70.4 Å². The summed E-state index contributed by atoms with van der Waals surface area (Å²) in [5, 5.41) is 3.95. The molecule has 0 fully saturated rings. The molecule has 7 heteroatoms. The molecule has 0 N–H and O–H groups in total.